The molecule has 0 heterocycles. The van der Waals surface area contributed by atoms with Gasteiger partial charge in [-0.2, -0.15) is 0 Å². The van der Waals surface area contributed by atoms with Gasteiger partial charge in [0.1, 0.15) is 0 Å². The van der Waals surface area contributed by atoms with Crippen molar-refractivity contribution in [2.45, 2.75) is 77.6 Å². The highest BCUT2D eigenvalue weighted by molar-refractivity contribution is 9.04. The normalized spacial score (nSPS) is 12.7. The summed E-state index contributed by atoms with van der Waals surface area (Å²) in [5, 5.41) is 0. The van der Waals surface area contributed by atoms with Crippen LogP contribution >= 0.6 is 9.83 Å². The molecule has 0 spiro atoms. The maximum atomic E-state index is 11.5. The Morgan fingerprint density at radius 2 is 1.05 bits per heavy atom. The van der Waals surface area contributed by atoms with E-state index in [9.17, 15) is 16.8 Å². The number of hydrogen-bond acceptors (Lipinski definition) is 5. The topological polar surface area (TPSA) is 68.3 Å². The molecule has 0 aliphatic carbocycles. The van der Waals surface area contributed by atoms with E-state index < -0.39 is 17.7 Å². The van der Waals surface area contributed by atoms with E-state index in [-0.39, 0.29) is 15.6 Å². The maximum Gasteiger partial charge on any atom is 0.216 e. The van der Waals surface area contributed by atoms with E-state index in [0.717, 1.165) is 25.5 Å². The van der Waals surface area contributed by atoms with Crippen LogP contribution in [0.5, 0.6) is 0 Å². The number of rotatable bonds is 14. The Hall–Kier alpha value is 0.250. The van der Waals surface area contributed by atoms with E-state index in [0.29, 0.717) is 6.42 Å². The molecule has 0 aliphatic rings. The van der Waals surface area contributed by atoms with Crippen molar-refractivity contribution in [3.05, 3.63) is 0 Å². The van der Waals surface area contributed by atoms with Crippen LogP contribution in [0.25, 0.3) is 0 Å². The van der Waals surface area contributed by atoms with Crippen molar-refractivity contribution < 1.29 is 16.8 Å². The van der Waals surface area contributed by atoms with Crippen LogP contribution in [0, 0.1) is 0 Å². The summed E-state index contributed by atoms with van der Waals surface area (Å²) >= 11 is 0. The molecule has 128 valence electrons. The fraction of sp³-hybridized carbons (Fsp3) is 1.00. The lowest BCUT2D eigenvalue weighted by Gasteiger charge is -2.03. The van der Waals surface area contributed by atoms with Crippen LogP contribution in [0.15, 0.2) is 0 Å². The molecule has 0 saturated carbocycles. The van der Waals surface area contributed by atoms with Crippen molar-refractivity contribution in [3.8, 4) is 0 Å². The molecule has 4 nitrogen and oxygen atoms in total. The maximum absolute atomic E-state index is 11.5. The molecule has 0 atom stereocenters. The third-order valence-electron chi connectivity index (χ3n) is 3.23. The summed E-state index contributed by atoms with van der Waals surface area (Å²) in [6.07, 6.45) is 13.6. The first-order valence-corrected chi connectivity index (χ1v) is 13.3. The number of unbranched alkanes of at least 4 members (excludes halogenated alkanes) is 10. The van der Waals surface area contributed by atoms with Gasteiger partial charge in [0, 0.05) is 6.26 Å². The lowest BCUT2D eigenvalue weighted by molar-refractivity contribution is 0.552. The minimum Gasteiger partial charge on any atom is -0.217 e. The molecule has 21 heavy (non-hydrogen) atoms. The van der Waals surface area contributed by atoms with Gasteiger partial charge in [-0.3, -0.25) is 0 Å². The molecule has 0 amide bonds. The van der Waals surface area contributed by atoms with Crippen molar-refractivity contribution >= 4 is 27.6 Å². The van der Waals surface area contributed by atoms with Gasteiger partial charge in [0.25, 0.3) is 0 Å². The second kappa shape index (κ2) is 11.8. The van der Waals surface area contributed by atoms with Crippen molar-refractivity contribution in [2.24, 2.45) is 0 Å². The van der Waals surface area contributed by atoms with E-state index in [1.807, 2.05) is 0 Å². The fourth-order valence-electron chi connectivity index (χ4n) is 2.17. The van der Waals surface area contributed by atoms with Crippen molar-refractivity contribution in [3.63, 3.8) is 0 Å². The summed E-state index contributed by atoms with van der Waals surface area (Å²) < 4.78 is 44.8. The highest BCUT2D eigenvalue weighted by Crippen LogP contribution is 2.21. The molecule has 0 aliphatic heterocycles. The minimum atomic E-state index is -3.52. The monoisotopic (exact) mass is 358 g/mol. The fourth-order valence-corrected chi connectivity index (χ4v) is 8.86. The predicted octanol–water partition coefficient (Wildman–Crippen LogP) is 4.32. The predicted molar refractivity (Wildman–Crippen MR) is 92.7 cm³/mol. The summed E-state index contributed by atoms with van der Waals surface area (Å²) in [5.74, 6) is -0.0399. The van der Waals surface area contributed by atoms with Crippen LogP contribution in [-0.2, 0) is 17.7 Å². The highest BCUT2D eigenvalue weighted by Gasteiger charge is 2.18. The van der Waals surface area contributed by atoms with E-state index in [1.165, 1.54) is 44.9 Å². The molecule has 0 N–H and O–H groups in total. The Kier molecular flexibility index (Phi) is 11.9. The smallest absolute Gasteiger partial charge is 0.216 e. The molecule has 0 unspecified atom stereocenters. The zero-order valence-electron chi connectivity index (χ0n) is 13.3. The molecule has 0 fully saturated rings. The molecule has 0 radical (unpaired) electrons. The zero-order valence-corrected chi connectivity index (χ0v) is 15.8. The molecule has 0 saturated heterocycles. The lowest BCUT2D eigenvalue weighted by Crippen LogP contribution is -2.04. The van der Waals surface area contributed by atoms with E-state index >= 15 is 0 Å². The molecule has 0 aromatic carbocycles. The molecule has 0 aromatic heterocycles. The second-order valence-electron chi connectivity index (χ2n) is 5.57. The average Bonchev–Trinajstić information content (AvgIpc) is 2.33. The van der Waals surface area contributed by atoms with Gasteiger partial charge >= 0.3 is 0 Å². The van der Waals surface area contributed by atoms with E-state index in [1.54, 1.807) is 0 Å². The first kappa shape index (κ1) is 21.2. The van der Waals surface area contributed by atoms with E-state index in [4.69, 9.17) is 0 Å². The Labute approximate surface area is 134 Å². The quantitative estimate of drug-likeness (QED) is 0.342. The summed E-state index contributed by atoms with van der Waals surface area (Å²) in [6.45, 7) is 2.22. The van der Waals surface area contributed by atoms with Gasteiger partial charge in [0.05, 0.1) is 15.6 Å². The first-order valence-electron chi connectivity index (χ1n) is 7.90. The van der Waals surface area contributed by atoms with Gasteiger partial charge < -0.3 is 0 Å². The van der Waals surface area contributed by atoms with Gasteiger partial charge in [-0.05, 0) is 6.42 Å². The zero-order chi connectivity index (χ0) is 16.2. The van der Waals surface area contributed by atoms with E-state index in [2.05, 4.69) is 6.92 Å². The third-order valence-corrected chi connectivity index (χ3v) is 10.4. The number of hydrogen-bond donors (Lipinski definition) is 0. The highest BCUT2D eigenvalue weighted by atomic mass is 33.5. The summed E-state index contributed by atoms with van der Waals surface area (Å²) in [4.78, 5) is 0. The molecule has 0 aromatic rings. The Morgan fingerprint density at radius 3 is 1.43 bits per heavy atom. The average molecular weight is 359 g/mol. The first-order chi connectivity index (χ1) is 9.77. The van der Waals surface area contributed by atoms with Gasteiger partial charge in [-0.25, -0.2) is 16.8 Å². The van der Waals surface area contributed by atoms with Crippen molar-refractivity contribution in [1.82, 2.24) is 0 Å². The van der Waals surface area contributed by atoms with Gasteiger partial charge in [-0.1, -0.05) is 71.1 Å². The Morgan fingerprint density at radius 1 is 0.667 bits per heavy atom. The largest absolute Gasteiger partial charge is 0.217 e. The van der Waals surface area contributed by atoms with Crippen LogP contribution in [-0.4, -0.2) is 28.8 Å². The summed E-state index contributed by atoms with van der Waals surface area (Å²) in [6, 6.07) is 0. The van der Waals surface area contributed by atoms with Crippen LogP contribution in [0.4, 0.5) is 0 Å². The summed E-state index contributed by atoms with van der Waals surface area (Å²) in [7, 11) is -6.95. The molecule has 7 heteroatoms. The second-order valence-corrected chi connectivity index (χ2v) is 13.6. The summed E-state index contributed by atoms with van der Waals surface area (Å²) in [5.41, 5.74) is 0. The van der Waals surface area contributed by atoms with Crippen molar-refractivity contribution in [1.29, 1.82) is 0 Å². The minimum absolute atomic E-state index is 0.0399. The molecular weight excluding hydrogens is 328 g/mol. The lowest BCUT2D eigenvalue weighted by atomic mass is 10.1. The SMILES string of the molecule is CCCCCCCCCCCCCS(=O)(=O)SS(C)(=O)=O. The van der Waals surface area contributed by atoms with Crippen LogP contribution in [0.3, 0.4) is 0 Å². The molecule has 0 rings (SSSR count). The Balaban J connectivity index is 3.44. The standard InChI is InChI=1S/C14H30O4S3/c1-3-4-5-6-7-8-9-10-11-12-13-14-21(17,18)19-20(2,15)16/h3-14H2,1-2H3. The van der Waals surface area contributed by atoms with Gasteiger partial charge in [-0.15, -0.1) is 0 Å². The van der Waals surface area contributed by atoms with Gasteiger partial charge in [0.15, 0.2) is 0 Å². The van der Waals surface area contributed by atoms with Crippen LogP contribution in [0.1, 0.15) is 77.6 Å². The van der Waals surface area contributed by atoms with Crippen LogP contribution < -0.4 is 0 Å². The van der Waals surface area contributed by atoms with Crippen LogP contribution in [0.2, 0.25) is 0 Å². The van der Waals surface area contributed by atoms with Gasteiger partial charge in [0.2, 0.25) is 17.7 Å². The van der Waals surface area contributed by atoms with Crippen molar-refractivity contribution in [2.75, 3.05) is 12.0 Å². The Bertz CT molecular complexity index is 441. The molecule has 0 bridgehead atoms. The molecular formula is C14H30O4S3. The third kappa shape index (κ3) is 16.4.